The third-order valence-electron chi connectivity index (χ3n) is 2.40. The zero-order valence-corrected chi connectivity index (χ0v) is 11.0. The van der Waals surface area contributed by atoms with E-state index >= 15 is 0 Å². The lowest BCUT2D eigenvalue weighted by Gasteiger charge is -2.21. The maximum absolute atomic E-state index is 10.7. The van der Waals surface area contributed by atoms with Gasteiger partial charge >= 0.3 is 5.97 Å². The standard InChI is InChI=1S/C11H16BrNO3/c1-3-13(5-8(2)11(14)15)6-10-4-9(12)7-16-10/h4,7-8H,3,5-6H2,1-2H3,(H,14,15). The number of carboxylic acid groups (broad SMARTS) is 1. The maximum atomic E-state index is 10.7. The summed E-state index contributed by atoms with van der Waals surface area (Å²) in [6, 6.07) is 1.90. The van der Waals surface area contributed by atoms with Crippen LogP contribution in [0.2, 0.25) is 0 Å². The Hall–Kier alpha value is -0.810. The highest BCUT2D eigenvalue weighted by molar-refractivity contribution is 9.10. The third kappa shape index (κ3) is 3.98. The molecule has 0 amide bonds. The Morgan fingerprint density at radius 3 is 2.81 bits per heavy atom. The maximum Gasteiger partial charge on any atom is 0.307 e. The van der Waals surface area contributed by atoms with E-state index in [0.717, 1.165) is 16.8 Å². The number of hydrogen-bond acceptors (Lipinski definition) is 3. The van der Waals surface area contributed by atoms with Crippen molar-refractivity contribution in [3.63, 3.8) is 0 Å². The van der Waals surface area contributed by atoms with Crippen LogP contribution in [0.3, 0.4) is 0 Å². The molecule has 0 aliphatic carbocycles. The van der Waals surface area contributed by atoms with Crippen molar-refractivity contribution in [1.82, 2.24) is 4.90 Å². The van der Waals surface area contributed by atoms with E-state index in [4.69, 9.17) is 9.52 Å². The fourth-order valence-corrected chi connectivity index (χ4v) is 1.78. The Kier molecular flexibility index (Phi) is 5.02. The first kappa shape index (κ1) is 13.3. The molecule has 0 aliphatic rings. The summed E-state index contributed by atoms with van der Waals surface area (Å²) in [5.74, 6) is -0.288. The van der Waals surface area contributed by atoms with Gasteiger partial charge in [-0.2, -0.15) is 0 Å². The van der Waals surface area contributed by atoms with Crippen molar-refractivity contribution in [2.24, 2.45) is 5.92 Å². The normalized spacial score (nSPS) is 13.0. The third-order valence-corrected chi connectivity index (χ3v) is 2.82. The molecule has 1 N–H and O–H groups in total. The van der Waals surface area contributed by atoms with Gasteiger partial charge in [0.1, 0.15) is 12.0 Å². The summed E-state index contributed by atoms with van der Waals surface area (Å²) in [5, 5.41) is 8.84. The van der Waals surface area contributed by atoms with Crippen LogP contribution < -0.4 is 0 Å². The SMILES string of the molecule is CCN(Cc1cc(Br)co1)CC(C)C(=O)O. The number of carbonyl (C=O) groups is 1. The fourth-order valence-electron chi connectivity index (χ4n) is 1.43. The summed E-state index contributed by atoms with van der Waals surface area (Å²) in [4.78, 5) is 12.8. The molecule has 1 heterocycles. The van der Waals surface area contributed by atoms with Crippen molar-refractivity contribution in [2.45, 2.75) is 20.4 Å². The van der Waals surface area contributed by atoms with Gasteiger partial charge in [-0.1, -0.05) is 13.8 Å². The Bertz CT molecular complexity index is 351. The zero-order chi connectivity index (χ0) is 12.1. The average Bonchev–Trinajstić information content (AvgIpc) is 2.62. The minimum Gasteiger partial charge on any atom is -0.481 e. The van der Waals surface area contributed by atoms with Gasteiger partial charge in [0.2, 0.25) is 0 Å². The van der Waals surface area contributed by atoms with Gasteiger partial charge in [-0.15, -0.1) is 0 Å². The first-order valence-corrected chi connectivity index (χ1v) is 6.00. The molecular weight excluding hydrogens is 274 g/mol. The van der Waals surface area contributed by atoms with Crippen LogP contribution in [0, 0.1) is 5.92 Å². The van der Waals surface area contributed by atoms with E-state index in [1.165, 1.54) is 0 Å². The van der Waals surface area contributed by atoms with Gasteiger partial charge in [-0.25, -0.2) is 0 Å². The van der Waals surface area contributed by atoms with E-state index in [1.807, 2.05) is 17.9 Å². The van der Waals surface area contributed by atoms with Crippen molar-refractivity contribution in [1.29, 1.82) is 0 Å². The summed E-state index contributed by atoms with van der Waals surface area (Å²) in [6.07, 6.45) is 1.63. The Balaban J connectivity index is 2.52. The molecule has 90 valence electrons. The van der Waals surface area contributed by atoms with E-state index in [9.17, 15) is 4.79 Å². The second kappa shape index (κ2) is 6.06. The Labute approximate surface area is 103 Å². The quantitative estimate of drug-likeness (QED) is 0.875. The first-order valence-electron chi connectivity index (χ1n) is 5.21. The van der Waals surface area contributed by atoms with E-state index < -0.39 is 5.97 Å². The molecule has 0 radical (unpaired) electrons. The first-order chi connectivity index (χ1) is 7.52. The van der Waals surface area contributed by atoms with Crippen molar-refractivity contribution in [2.75, 3.05) is 13.1 Å². The summed E-state index contributed by atoms with van der Waals surface area (Å²) in [6.45, 7) is 5.69. The summed E-state index contributed by atoms with van der Waals surface area (Å²) < 4.78 is 6.21. The second-order valence-electron chi connectivity index (χ2n) is 3.80. The lowest BCUT2D eigenvalue weighted by molar-refractivity contribution is -0.141. The smallest absolute Gasteiger partial charge is 0.307 e. The van der Waals surface area contributed by atoms with Crippen LogP contribution in [0.15, 0.2) is 21.2 Å². The number of carboxylic acids is 1. The topological polar surface area (TPSA) is 53.7 Å². The number of rotatable bonds is 6. The summed E-state index contributed by atoms with van der Waals surface area (Å²) >= 11 is 3.31. The molecule has 0 aromatic carbocycles. The van der Waals surface area contributed by atoms with Crippen molar-refractivity contribution in [3.8, 4) is 0 Å². The molecule has 0 saturated heterocycles. The van der Waals surface area contributed by atoms with Crippen molar-refractivity contribution in [3.05, 3.63) is 22.6 Å². The van der Waals surface area contributed by atoms with Gasteiger partial charge in [-0.05, 0) is 28.5 Å². The van der Waals surface area contributed by atoms with Gasteiger partial charge in [0.05, 0.1) is 16.9 Å². The van der Waals surface area contributed by atoms with Gasteiger partial charge < -0.3 is 9.52 Å². The van der Waals surface area contributed by atoms with Gasteiger partial charge in [0.25, 0.3) is 0 Å². The lowest BCUT2D eigenvalue weighted by Crippen LogP contribution is -2.31. The van der Waals surface area contributed by atoms with Gasteiger partial charge in [0, 0.05) is 6.54 Å². The molecule has 5 heteroatoms. The van der Waals surface area contributed by atoms with E-state index in [1.54, 1.807) is 13.2 Å². The van der Waals surface area contributed by atoms with E-state index in [2.05, 4.69) is 15.9 Å². The second-order valence-corrected chi connectivity index (χ2v) is 4.71. The molecule has 1 aromatic rings. The largest absolute Gasteiger partial charge is 0.481 e. The molecule has 0 aliphatic heterocycles. The molecule has 1 aromatic heterocycles. The Morgan fingerprint density at radius 2 is 2.38 bits per heavy atom. The molecule has 16 heavy (non-hydrogen) atoms. The number of nitrogens with zero attached hydrogens (tertiary/aromatic N) is 1. The molecule has 1 rings (SSSR count). The molecule has 0 spiro atoms. The van der Waals surface area contributed by atoms with Crippen LogP contribution in [-0.2, 0) is 11.3 Å². The van der Waals surface area contributed by atoms with Crippen LogP contribution in [-0.4, -0.2) is 29.1 Å². The van der Waals surface area contributed by atoms with Gasteiger partial charge in [-0.3, -0.25) is 9.69 Å². The van der Waals surface area contributed by atoms with Crippen molar-refractivity contribution >= 4 is 21.9 Å². The molecule has 0 fully saturated rings. The Morgan fingerprint density at radius 1 is 1.69 bits per heavy atom. The molecule has 1 atom stereocenters. The summed E-state index contributed by atoms with van der Waals surface area (Å²) in [5.41, 5.74) is 0. The molecule has 1 unspecified atom stereocenters. The van der Waals surface area contributed by atoms with E-state index in [0.29, 0.717) is 13.1 Å². The van der Waals surface area contributed by atoms with Crippen LogP contribution in [0.4, 0.5) is 0 Å². The molecular formula is C11H16BrNO3. The van der Waals surface area contributed by atoms with Crippen LogP contribution in [0.5, 0.6) is 0 Å². The summed E-state index contributed by atoms with van der Waals surface area (Å²) in [7, 11) is 0. The zero-order valence-electron chi connectivity index (χ0n) is 9.44. The number of hydrogen-bond donors (Lipinski definition) is 1. The van der Waals surface area contributed by atoms with Crippen molar-refractivity contribution < 1.29 is 14.3 Å². The monoisotopic (exact) mass is 289 g/mol. The lowest BCUT2D eigenvalue weighted by atomic mass is 10.1. The fraction of sp³-hybridized carbons (Fsp3) is 0.545. The number of aliphatic carboxylic acids is 1. The highest BCUT2D eigenvalue weighted by atomic mass is 79.9. The van der Waals surface area contributed by atoms with Crippen LogP contribution >= 0.6 is 15.9 Å². The average molecular weight is 290 g/mol. The minimum absolute atomic E-state index is 0.363. The minimum atomic E-state index is -0.765. The number of furan rings is 1. The number of halogens is 1. The molecule has 0 saturated carbocycles. The highest BCUT2D eigenvalue weighted by Gasteiger charge is 2.16. The van der Waals surface area contributed by atoms with Crippen LogP contribution in [0.1, 0.15) is 19.6 Å². The van der Waals surface area contributed by atoms with Crippen LogP contribution in [0.25, 0.3) is 0 Å². The predicted octanol–water partition coefficient (Wildman–Crippen LogP) is 2.58. The molecule has 0 bridgehead atoms. The molecule has 4 nitrogen and oxygen atoms in total. The van der Waals surface area contributed by atoms with Gasteiger partial charge in [0.15, 0.2) is 0 Å². The highest BCUT2D eigenvalue weighted by Crippen LogP contribution is 2.16. The predicted molar refractivity (Wildman–Crippen MR) is 64.2 cm³/mol. The van der Waals surface area contributed by atoms with E-state index in [-0.39, 0.29) is 5.92 Å².